The summed E-state index contributed by atoms with van der Waals surface area (Å²) in [7, 11) is 0. The minimum Gasteiger partial charge on any atom is -0.457 e. The fourth-order valence-electron chi connectivity index (χ4n) is 2.63. The van der Waals surface area contributed by atoms with Gasteiger partial charge in [0.25, 0.3) is 5.91 Å². The van der Waals surface area contributed by atoms with Gasteiger partial charge in [0.15, 0.2) is 5.17 Å². The summed E-state index contributed by atoms with van der Waals surface area (Å²) in [6.07, 6.45) is 1.87. The number of carbonyl (C=O) groups excluding carboxylic acids is 1. The van der Waals surface area contributed by atoms with Gasteiger partial charge in [0.1, 0.15) is 11.5 Å². The van der Waals surface area contributed by atoms with E-state index in [1.165, 1.54) is 17.3 Å². The summed E-state index contributed by atoms with van der Waals surface area (Å²) in [5.41, 5.74) is 2.93. The molecule has 0 spiro atoms. The highest BCUT2D eigenvalue weighted by Crippen LogP contribution is 2.29. The fourth-order valence-corrected chi connectivity index (χ4v) is 3.47. The lowest BCUT2D eigenvalue weighted by Gasteiger charge is -2.05. The quantitative estimate of drug-likeness (QED) is 0.587. The number of rotatable bonds is 4. The first-order chi connectivity index (χ1) is 13.7. The maximum absolute atomic E-state index is 12.2. The van der Waals surface area contributed by atoms with Crippen LogP contribution in [0.25, 0.3) is 6.08 Å². The summed E-state index contributed by atoms with van der Waals surface area (Å²) in [6.45, 7) is 2.04. The number of para-hydroxylation sites is 1. The lowest BCUT2D eigenvalue weighted by atomic mass is 10.1. The fraction of sp³-hybridized carbons (Fsp3) is 0.0435. The van der Waals surface area contributed by atoms with Crippen LogP contribution >= 0.6 is 11.8 Å². The summed E-state index contributed by atoms with van der Waals surface area (Å²) in [4.78, 5) is 17.3. The number of nitrogens with one attached hydrogen (secondary N) is 1. The topological polar surface area (TPSA) is 50.7 Å². The van der Waals surface area contributed by atoms with Crippen molar-refractivity contribution in [3.8, 4) is 11.5 Å². The van der Waals surface area contributed by atoms with Gasteiger partial charge < -0.3 is 10.1 Å². The van der Waals surface area contributed by atoms with Crippen molar-refractivity contribution in [3.05, 3.63) is 94.9 Å². The Hall–Kier alpha value is -3.31. The molecule has 5 heteroatoms. The summed E-state index contributed by atoms with van der Waals surface area (Å²) >= 11 is 1.34. The highest BCUT2D eigenvalue weighted by molar-refractivity contribution is 8.18. The normalized spacial score (nSPS) is 16.4. The van der Waals surface area contributed by atoms with Gasteiger partial charge in [-0.25, -0.2) is 4.99 Å². The van der Waals surface area contributed by atoms with E-state index in [0.717, 1.165) is 22.7 Å². The zero-order valence-corrected chi connectivity index (χ0v) is 16.1. The minimum absolute atomic E-state index is 0.131. The van der Waals surface area contributed by atoms with Crippen LogP contribution in [0.3, 0.4) is 0 Å². The zero-order chi connectivity index (χ0) is 19.3. The average molecular weight is 386 g/mol. The van der Waals surface area contributed by atoms with Crippen LogP contribution in [-0.2, 0) is 4.79 Å². The maximum atomic E-state index is 12.2. The van der Waals surface area contributed by atoms with Crippen LogP contribution < -0.4 is 10.1 Å². The van der Waals surface area contributed by atoms with Crippen molar-refractivity contribution in [2.24, 2.45) is 4.99 Å². The molecule has 4 rings (SSSR count). The minimum atomic E-state index is -0.131. The van der Waals surface area contributed by atoms with E-state index in [9.17, 15) is 4.79 Å². The molecule has 1 amide bonds. The first kappa shape index (κ1) is 18.1. The molecule has 1 fully saturated rings. The van der Waals surface area contributed by atoms with Crippen LogP contribution in [0.4, 0.5) is 5.69 Å². The number of thioether (sulfide) groups is 1. The van der Waals surface area contributed by atoms with E-state index in [4.69, 9.17) is 4.74 Å². The molecule has 28 heavy (non-hydrogen) atoms. The number of nitrogens with zero attached hydrogens (tertiary/aromatic N) is 1. The largest absolute Gasteiger partial charge is 0.457 e. The molecule has 138 valence electrons. The summed E-state index contributed by atoms with van der Waals surface area (Å²) in [6, 6.07) is 25.1. The standard InChI is InChI=1S/C23H18N2O2S/c1-16-7-9-17(10-8-16)15-21-22(26)25-23(28-21)24-18-11-13-20(14-12-18)27-19-5-3-2-4-6-19/h2-15H,1H3,(H,24,25,26). The number of amidine groups is 1. The summed E-state index contributed by atoms with van der Waals surface area (Å²) in [5, 5.41) is 3.38. The number of ether oxygens (including phenoxy) is 1. The molecule has 1 aliphatic heterocycles. The molecular weight excluding hydrogens is 368 g/mol. The second kappa shape index (κ2) is 8.15. The molecule has 1 aliphatic rings. The van der Waals surface area contributed by atoms with Gasteiger partial charge >= 0.3 is 0 Å². The zero-order valence-electron chi connectivity index (χ0n) is 15.3. The molecule has 0 aromatic heterocycles. The molecule has 1 saturated heterocycles. The van der Waals surface area contributed by atoms with Crippen LogP contribution in [0.15, 0.2) is 88.8 Å². The van der Waals surface area contributed by atoms with E-state index >= 15 is 0 Å². The third kappa shape index (κ3) is 4.50. The lowest BCUT2D eigenvalue weighted by Crippen LogP contribution is -2.19. The number of aliphatic imine (C=N–C) groups is 1. The van der Waals surface area contributed by atoms with Crippen molar-refractivity contribution >= 4 is 34.6 Å². The van der Waals surface area contributed by atoms with E-state index in [2.05, 4.69) is 10.3 Å². The van der Waals surface area contributed by atoms with E-state index in [1.807, 2.05) is 91.9 Å². The van der Waals surface area contributed by atoms with Gasteiger partial charge in [-0.2, -0.15) is 0 Å². The molecule has 1 N–H and O–H groups in total. The van der Waals surface area contributed by atoms with Crippen LogP contribution in [0, 0.1) is 6.92 Å². The number of benzene rings is 3. The van der Waals surface area contributed by atoms with E-state index < -0.39 is 0 Å². The van der Waals surface area contributed by atoms with Gasteiger partial charge in [-0.05, 0) is 66.7 Å². The Kier molecular flexibility index (Phi) is 5.26. The number of amides is 1. The molecule has 3 aromatic carbocycles. The van der Waals surface area contributed by atoms with Crippen molar-refractivity contribution in [2.45, 2.75) is 6.92 Å². The van der Waals surface area contributed by atoms with Gasteiger partial charge in [0.05, 0.1) is 10.6 Å². The smallest absolute Gasteiger partial charge is 0.264 e. The first-order valence-corrected chi connectivity index (χ1v) is 9.67. The maximum Gasteiger partial charge on any atom is 0.264 e. The number of hydrogen-bond donors (Lipinski definition) is 1. The highest BCUT2D eigenvalue weighted by atomic mass is 32.2. The molecule has 0 saturated carbocycles. The van der Waals surface area contributed by atoms with E-state index in [-0.39, 0.29) is 5.91 Å². The van der Waals surface area contributed by atoms with Crippen LogP contribution in [0.1, 0.15) is 11.1 Å². The molecule has 3 aromatic rings. The number of aryl methyl sites for hydroxylation is 1. The highest BCUT2D eigenvalue weighted by Gasteiger charge is 2.23. The molecular formula is C23H18N2O2S. The average Bonchev–Trinajstić information content (AvgIpc) is 3.05. The van der Waals surface area contributed by atoms with Crippen molar-refractivity contribution < 1.29 is 9.53 Å². The molecule has 0 unspecified atom stereocenters. The molecule has 0 bridgehead atoms. The van der Waals surface area contributed by atoms with Crippen LogP contribution in [0.2, 0.25) is 0 Å². The Morgan fingerprint density at radius 1 is 0.893 bits per heavy atom. The molecule has 0 atom stereocenters. The third-order valence-corrected chi connectivity index (χ3v) is 4.98. The van der Waals surface area contributed by atoms with E-state index in [1.54, 1.807) is 0 Å². The molecule has 4 nitrogen and oxygen atoms in total. The Morgan fingerprint density at radius 2 is 1.57 bits per heavy atom. The van der Waals surface area contributed by atoms with Gasteiger partial charge in [-0.1, -0.05) is 48.0 Å². The molecule has 0 aliphatic carbocycles. The predicted molar refractivity (Wildman–Crippen MR) is 115 cm³/mol. The number of carbonyl (C=O) groups is 1. The monoisotopic (exact) mass is 386 g/mol. The van der Waals surface area contributed by atoms with Gasteiger partial charge in [-0.3, -0.25) is 4.79 Å². The van der Waals surface area contributed by atoms with Gasteiger partial charge in [0.2, 0.25) is 0 Å². The van der Waals surface area contributed by atoms with Gasteiger partial charge in [-0.15, -0.1) is 0 Å². The van der Waals surface area contributed by atoms with E-state index in [0.29, 0.717) is 10.1 Å². The van der Waals surface area contributed by atoms with Crippen molar-refractivity contribution in [3.63, 3.8) is 0 Å². The second-order valence-corrected chi connectivity index (χ2v) is 7.33. The Balaban J connectivity index is 1.45. The third-order valence-electron chi connectivity index (χ3n) is 4.07. The van der Waals surface area contributed by atoms with Crippen molar-refractivity contribution in [2.75, 3.05) is 0 Å². The molecule has 0 radical (unpaired) electrons. The first-order valence-electron chi connectivity index (χ1n) is 8.85. The Morgan fingerprint density at radius 3 is 2.29 bits per heavy atom. The summed E-state index contributed by atoms with van der Waals surface area (Å²) < 4.78 is 5.78. The molecule has 1 heterocycles. The SMILES string of the molecule is Cc1ccc(C=C2SC(=Nc3ccc(Oc4ccccc4)cc3)NC2=O)cc1. The second-order valence-electron chi connectivity index (χ2n) is 6.30. The van der Waals surface area contributed by atoms with Crippen molar-refractivity contribution in [1.29, 1.82) is 0 Å². The van der Waals surface area contributed by atoms with Crippen LogP contribution in [-0.4, -0.2) is 11.1 Å². The van der Waals surface area contributed by atoms with Gasteiger partial charge in [0, 0.05) is 0 Å². The summed E-state index contributed by atoms with van der Waals surface area (Å²) in [5.74, 6) is 1.39. The van der Waals surface area contributed by atoms with Crippen LogP contribution in [0.5, 0.6) is 11.5 Å². The number of hydrogen-bond acceptors (Lipinski definition) is 4. The Labute approximate surface area is 168 Å². The Bertz CT molecular complexity index is 1040. The lowest BCUT2D eigenvalue weighted by molar-refractivity contribution is -0.115. The predicted octanol–water partition coefficient (Wildman–Crippen LogP) is 5.68. The van der Waals surface area contributed by atoms with Crippen molar-refractivity contribution in [1.82, 2.24) is 5.32 Å².